The molecule has 0 aliphatic carbocycles. The van der Waals surface area contributed by atoms with E-state index in [0.717, 1.165) is 0 Å². The Morgan fingerprint density at radius 3 is 2.76 bits per heavy atom. The van der Waals surface area contributed by atoms with E-state index in [1.54, 1.807) is 24.3 Å². The van der Waals surface area contributed by atoms with Gasteiger partial charge in [-0.05, 0) is 17.2 Å². The van der Waals surface area contributed by atoms with Gasteiger partial charge in [0.15, 0.2) is 0 Å². The first-order valence-corrected chi connectivity index (χ1v) is 4.94. The van der Waals surface area contributed by atoms with Gasteiger partial charge in [0.2, 0.25) is 0 Å². The molecule has 0 radical (unpaired) electrons. The van der Waals surface area contributed by atoms with Crippen LogP contribution in [-0.4, -0.2) is 21.0 Å². The van der Waals surface area contributed by atoms with Gasteiger partial charge >= 0.3 is 11.7 Å². The molecule has 0 aliphatic rings. The molecule has 5 N–H and O–H groups in total. The first-order chi connectivity index (χ1) is 8.08. The maximum atomic E-state index is 11.0. The maximum absolute atomic E-state index is 11.0. The molecular formula is C11H11N3O3. The van der Waals surface area contributed by atoms with Crippen LogP contribution >= 0.6 is 0 Å². The van der Waals surface area contributed by atoms with Gasteiger partial charge < -0.3 is 20.8 Å². The molecule has 2 rings (SSSR count). The summed E-state index contributed by atoms with van der Waals surface area (Å²) in [5.41, 5.74) is 6.98. The normalized spacial score (nSPS) is 12.3. The fourth-order valence-corrected chi connectivity index (χ4v) is 1.53. The van der Waals surface area contributed by atoms with E-state index in [-0.39, 0.29) is 5.69 Å². The predicted molar refractivity (Wildman–Crippen MR) is 61.4 cm³/mol. The smallest absolute Gasteiger partial charge is 0.325 e. The lowest BCUT2D eigenvalue weighted by atomic mass is 10.0. The van der Waals surface area contributed by atoms with Gasteiger partial charge in [0, 0.05) is 6.20 Å². The van der Waals surface area contributed by atoms with E-state index in [1.165, 1.54) is 6.20 Å². The SMILES string of the molecule is NC(C(=O)O)c1cccc(-c2c[nH]c(=O)[nH]2)c1. The Bertz CT molecular complexity index is 600. The minimum absolute atomic E-state index is 0.312. The topological polar surface area (TPSA) is 112 Å². The molecule has 0 aliphatic heterocycles. The summed E-state index contributed by atoms with van der Waals surface area (Å²) in [6, 6.07) is 5.65. The van der Waals surface area contributed by atoms with Gasteiger partial charge in [-0.15, -0.1) is 0 Å². The lowest BCUT2D eigenvalue weighted by molar-refractivity contribution is -0.138. The zero-order valence-electron chi connectivity index (χ0n) is 8.81. The molecule has 1 heterocycles. The van der Waals surface area contributed by atoms with Crippen molar-refractivity contribution in [2.75, 3.05) is 0 Å². The highest BCUT2D eigenvalue weighted by atomic mass is 16.4. The van der Waals surface area contributed by atoms with Gasteiger partial charge in [0.25, 0.3) is 0 Å². The van der Waals surface area contributed by atoms with Crippen LogP contribution in [0.4, 0.5) is 0 Å². The number of aromatic nitrogens is 2. The number of benzene rings is 1. The lowest BCUT2D eigenvalue weighted by Crippen LogP contribution is -2.20. The molecule has 1 unspecified atom stereocenters. The maximum Gasteiger partial charge on any atom is 0.325 e. The summed E-state index contributed by atoms with van der Waals surface area (Å²) >= 11 is 0. The molecule has 0 spiro atoms. The van der Waals surface area contributed by atoms with E-state index in [1.807, 2.05) is 0 Å². The monoisotopic (exact) mass is 233 g/mol. The quantitative estimate of drug-likeness (QED) is 0.616. The first-order valence-electron chi connectivity index (χ1n) is 4.94. The second kappa shape index (κ2) is 4.26. The second-order valence-electron chi connectivity index (χ2n) is 3.60. The summed E-state index contributed by atoms with van der Waals surface area (Å²) in [6.45, 7) is 0. The number of nitrogens with two attached hydrogens (primary N) is 1. The third-order valence-corrected chi connectivity index (χ3v) is 2.42. The summed E-state index contributed by atoms with van der Waals surface area (Å²) in [5, 5.41) is 8.81. The van der Waals surface area contributed by atoms with Crippen LogP contribution in [0.1, 0.15) is 11.6 Å². The Morgan fingerprint density at radius 1 is 1.41 bits per heavy atom. The van der Waals surface area contributed by atoms with Gasteiger partial charge in [-0.3, -0.25) is 4.79 Å². The number of aromatic amines is 2. The van der Waals surface area contributed by atoms with Gasteiger partial charge in [-0.25, -0.2) is 4.79 Å². The van der Waals surface area contributed by atoms with Crippen LogP contribution < -0.4 is 11.4 Å². The summed E-state index contributed by atoms with van der Waals surface area (Å²) < 4.78 is 0. The average molecular weight is 233 g/mol. The van der Waals surface area contributed by atoms with Crippen LogP contribution in [0.25, 0.3) is 11.3 Å². The molecule has 88 valence electrons. The number of hydrogen-bond donors (Lipinski definition) is 4. The Balaban J connectivity index is 2.41. The number of carbonyl (C=O) groups is 1. The molecule has 1 aromatic heterocycles. The van der Waals surface area contributed by atoms with E-state index in [4.69, 9.17) is 10.8 Å². The minimum Gasteiger partial charge on any atom is -0.480 e. The van der Waals surface area contributed by atoms with E-state index in [0.29, 0.717) is 16.8 Å². The highest BCUT2D eigenvalue weighted by Crippen LogP contribution is 2.19. The lowest BCUT2D eigenvalue weighted by Gasteiger charge is -2.07. The van der Waals surface area contributed by atoms with Crippen molar-refractivity contribution in [3.05, 3.63) is 46.5 Å². The zero-order valence-corrected chi connectivity index (χ0v) is 8.81. The number of imidazole rings is 1. The minimum atomic E-state index is -1.09. The molecule has 0 fully saturated rings. The number of carboxylic acids is 1. The van der Waals surface area contributed by atoms with Crippen molar-refractivity contribution in [1.82, 2.24) is 9.97 Å². The summed E-state index contributed by atoms with van der Waals surface area (Å²) in [6.07, 6.45) is 1.52. The second-order valence-corrected chi connectivity index (χ2v) is 3.60. The molecule has 1 aromatic carbocycles. The molecule has 0 bridgehead atoms. The van der Waals surface area contributed by atoms with Crippen LogP contribution in [-0.2, 0) is 4.79 Å². The number of rotatable bonds is 3. The van der Waals surface area contributed by atoms with Gasteiger partial charge in [0.05, 0.1) is 5.69 Å². The summed E-state index contributed by atoms with van der Waals surface area (Å²) in [7, 11) is 0. The van der Waals surface area contributed by atoms with E-state index < -0.39 is 12.0 Å². The largest absolute Gasteiger partial charge is 0.480 e. The Morgan fingerprint density at radius 2 is 2.18 bits per heavy atom. The standard InChI is InChI=1S/C11H11N3O3/c12-9(10(15)16)7-3-1-2-6(4-7)8-5-13-11(17)14-8/h1-5,9H,12H2,(H,15,16)(H2,13,14,17). The third-order valence-electron chi connectivity index (χ3n) is 2.42. The van der Waals surface area contributed by atoms with Crippen molar-refractivity contribution in [3.63, 3.8) is 0 Å². The van der Waals surface area contributed by atoms with Crippen LogP contribution in [0.15, 0.2) is 35.3 Å². The Hall–Kier alpha value is -2.34. The van der Waals surface area contributed by atoms with Crippen LogP contribution in [0.2, 0.25) is 0 Å². The number of nitrogens with one attached hydrogen (secondary N) is 2. The van der Waals surface area contributed by atoms with Gasteiger partial charge in [-0.1, -0.05) is 18.2 Å². The molecule has 2 aromatic rings. The average Bonchev–Trinajstić information content (AvgIpc) is 2.75. The van der Waals surface area contributed by atoms with Crippen molar-refractivity contribution in [3.8, 4) is 11.3 Å². The van der Waals surface area contributed by atoms with Gasteiger partial charge in [-0.2, -0.15) is 0 Å². The third kappa shape index (κ3) is 2.26. The number of H-pyrrole nitrogens is 2. The van der Waals surface area contributed by atoms with Gasteiger partial charge in [0.1, 0.15) is 6.04 Å². The molecule has 6 nitrogen and oxygen atoms in total. The van der Waals surface area contributed by atoms with E-state index >= 15 is 0 Å². The molecule has 0 saturated heterocycles. The van der Waals surface area contributed by atoms with Crippen LogP contribution in [0.3, 0.4) is 0 Å². The zero-order chi connectivity index (χ0) is 12.4. The van der Waals surface area contributed by atoms with Crippen molar-refractivity contribution >= 4 is 5.97 Å². The van der Waals surface area contributed by atoms with Crippen LogP contribution in [0.5, 0.6) is 0 Å². The molecule has 0 saturated carbocycles. The molecule has 6 heteroatoms. The first kappa shape index (κ1) is 11.2. The molecule has 1 atom stereocenters. The molecule has 17 heavy (non-hydrogen) atoms. The highest BCUT2D eigenvalue weighted by Gasteiger charge is 2.14. The number of carboxylic acid groups (broad SMARTS) is 1. The Kier molecular flexibility index (Phi) is 2.80. The van der Waals surface area contributed by atoms with E-state index in [2.05, 4.69) is 9.97 Å². The van der Waals surface area contributed by atoms with Crippen LogP contribution in [0, 0.1) is 0 Å². The fourth-order valence-electron chi connectivity index (χ4n) is 1.53. The van der Waals surface area contributed by atoms with Crippen molar-refractivity contribution in [2.45, 2.75) is 6.04 Å². The van der Waals surface area contributed by atoms with Crippen molar-refractivity contribution in [2.24, 2.45) is 5.73 Å². The number of aliphatic carboxylic acids is 1. The van der Waals surface area contributed by atoms with Crippen molar-refractivity contribution < 1.29 is 9.90 Å². The van der Waals surface area contributed by atoms with E-state index in [9.17, 15) is 9.59 Å². The fraction of sp³-hybridized carbons (Fsp3) is 0.0909. The molecule has 0 amide bonds. The highest BCUT2D eigenvalue weighted by molar-refractivity contribution is 5.76. The van der Waals surface area contributed by atoms with Crippen molar-refractivity contribution in [1.29, 1.82) is 0 Å². The number of hydrogen-bond acceptors (Lipinski definition) is 3. The Labute approximate surface area is 96.1 Å². The summed E-state index contributed by atoms with van der Waals surface area (Å²) in [5.74, 6) is -1.09. The molecular weight excluding hydrogens is 222 g/mol. The summed E-state index contributed by atoms with van der Waals surface area (Å²) in [4.78, 5) is 26.8. The predicted octanol–water partition coefficient (Wildman–Crippen LogP) is 0.454.